The van der Waals surface area contributed by atoms with Crippen LogP contribution in [0.4, 0.5) is 5.69 Å². The Morgan fingerprint density at radius 2 is 1.34 bits per heavy atom. The highest BCUT2D eigenvalue weighted by molar-refractivity contribution is 7.89. The van der Waals surface area contributed by atoms with E-state index in [0.29, 0.717) is 55.7 Å². The molecule has 3 rings (SSSR count). The van der Waals surface area contributed by atoms with Gasteiger partial charge in [-0.3, -0.25) is 9.69 Å². The molecule has 1 heterocycles. The highest BCUT2D eigenvalue weighted by Crippen LogP contribution is 2.35. The molecule has 14 heteroatoms. The average Bonchev–Trinajstić information content (AvgIpc) is 2.89. The molecule has 0 radical (unpaired) electrons. The number of amides is 1. The van der Waals surface area contributed by atoms with Crippen molar-refractivity contribution in [2.75, 3.05) is 52.8 Å². The van der Waals surface area contributed by atoms with Gasteiger partial charge in [0.25, 0.3) is 0 Å². The van der Waals surface area contributed by atoms with Crippen LogP contribution in [0.5, 0.6) is 17.2 Å². The Kier molecular flexibility index (Phi) is 10.9. The maximum Gasteiger partial charge on any atom is 0.414 e. The predicted molar refractivity (Wildman–Crippen MR) is 136 cm³/mol. The zero-order valence-corrected chi connectivity index (χ0v) is 22.3. The minimum absolute atomic E-state index is 0.206. The van der Waals surface area contributed by atoms with Crippen molar-refractivity contribution in [1.29, 1.82) is 0 Å². The molecule has 1 aliphatic heterocycles. The van der Waals surface area contributed by atoms with E-state index in [4.69, 9.17) is 34.0 Å². The van der Waals surface area contributed by atoms with E-state index in [2.05, 4.69) is 10.2 Å². The molecule has 0 atom stereocenters. The summed E-state index contributed by atoms with van der Waals surface area (Å²) >= 11 is 0. The van der Waals surface area contributed by atoms with E-state index in [-0.39, 0.29) is 10.8 Å². The van der Waals surface area contributed by atoms with Crippen LogP contribution in [0.3, 0.4) is 0 Å². The number of carbonyl (C=O) groups is 3. The molecular formula is C24H31N3O10S. The SMILES string of the molecule is COc1cc(OC)c(OC)cc1CN1CCN(S(=O)(=O)c2ccc(NC(C)=O)cc2)CC1.O=C(O)C(=O)O. The zero-order valence-electron chi connectivity index (χ0n) is 21.5. The normalized spacial score (nSPS) is 14.0. The Balaban J connectivity index is 0.000000757. The number of hydrogen-bond acceptors (Lipinski definition) is 9. The first-order valence-electron chi connectivity index (χ1n) is 11.3. The fraction of sp³-hybridized carbons (Fsp3) is 0.375. The number of aliphatic carboxylic acids is 2. The van der Waals surface area contributed by atoms with E-state index in [0.717, 1.165) is 5.56 Å². The summed E-state index contributed by atoms with van der Waals surface area (Å²) in [4.78, 5) is 31.7. The number of piperazine rings is 1. The minimum atomic E-state index is -3.60. The van der Waals surface area contributed by atoms with Crippen LogP contribution in [-0.4, -0.2) is 93.2 Å². The zero-order chi connectivity index (χ0) is 28.5. The molecular weight excluding hydrogens is 522 g/mol. The van der Waals surface area contributed by atoms with Crippen molar-refractivity contribution in [2.24, 2.45) is 0 Å². The van der Waals surface area contributed by atoms with Gasteiger partial charge in [-0.15, -0.1) is 0 Å². The average molecular weight is 554 g/mol. The van der Waals surface area contributed by atoms with E-state index < -0.39 is 22.0 Å². The number of carboxylic acids is 2. The number of anilines is 1. The van der Waals surface area contributed by atoms with E-state index >= 15 is 0 Å². The maximum atomic E-state index is 13.0. The van der Waals surface area contributed by atoms with Gasteiger partial charge < -0.3 is 29.7 Å². The molecule has 1 aliphatic rings. The van der Waals surface area contributed by atoms with Crippen LogP contribution in [0, 0.1) is 0 Å². The molecule has 1 fully saturated rings. The summed E-state index contributed by atoms with van der Waals surface area (Å²) in [5.74, 6) is -1.95. The molecule has 2 aromatic rings. The molecule has 208 valence electrons. The first kappa shape index (κ1) is 30.3. The molecule has 2 aromatic carbocycles. The first-order valence-corrected chi connectivity index (χ1v) is 12.7. The molecule has 0 bridgehead atoms. The number of sulfonamides is 1. The highest BCUT2D eigenvalue weighted by Gasteiger charge is 2.29. The monoisotopic (exact) mass is 553 g/mol. The topological polar surface area (TPSA) is 172 Å². The molecule has 13 nitrogen and oxygen atoms in total. The second-order valence-electron chi connectivity index (χ2n) is 8.02. The number of ether oxygens (including phenoxy) is 3. The molecule has 1 saturated heterocycles. The van der Waals surface area contributed by atoms with Crippen molar-refractivity contribution < 1.29 is 47.2 Å². The number of rotatable bonds is 8. The maximum absolute atomic E-state index is 13.0. The summed E-state index contributed by atoms with van der Waals surface area (Å²) in [6.07, 6.45) is 0. The third-order valence-electron chi connectivity index (χ3n) is 5.51. The van der Waals surface area contributed by atoms with Crippen LogP contribution in [-0.2, 0) is 31.0 Å². The van der Waals surface area contributed by atoms with Gasteiger partial charge in [-0.2, -0.15) is 4.31 Å². The van der Waals surface area contributed by atoms with Crippen LogP contribution < -0.4 is 19.5 Å². The van der Waals surface area contributed by atoms with Crippen molar-refractivity contribution in [2.45, 2.75) is 18.4 Å². The summed E-state index contributed by atoms with van der Waals surface area (Å²) in [6, 6.07) is 9.89. The number of carboxylic acid groups (broad SMARTS) is 2. The number of hydrogen-bond donors (Lipinski definition) is 3. The van der Waals surface area contributed by atoms with Gasteiger partial charge in [0.15, 0.2) is 11.5 Å². The summed E-state index contributed by atoms with van der Waals surface area (Å²) in [5, 5.41) is 17.4. The Labute approximate surface area is 220 Å². The number of nitrogens with one attached hydrogen (secondary N) is 1. The number of nitrogens with zero attached hydrogens (tertiary/aromatic N) is 2. The Morgan fingerprint density at radius 3 is 1.79 bits per heavy atom. The van der Waals surface area contributed by atoms with Gasteiger partial charge in [0.05, 0.1) is 26.2 Å². The fourth-order valence-corrected chi connectivity index (χ4v) is 5.07. The standard InChI is InChI=1S/C22H29N3O6S.C2H2O4/c1-16(26)23-18-5-7-19(8-6-18)32(27,28)25-11-9-24(10-12-25)15-17-13-21(30-3)22(31-4)14-20(17)29-2;3-1(4)2(5)6/h5-8,13-14H,9-12,15H2,1-4H3,(H,23,26);(H,3,4)(H,5,6). The fourth-order valence-electron chi connectivity index (χ4n) is 3.65. The van der Waals surface area contributed by atoms with Crippen molar-refractivity contribution >= 4 is 33.6 Å². The summed E-state index contributed by atoms with van der Waals surface area (Å²) in [6.45, 7) is 3.93. The molecule has 3 N–H and O–H groups in total. The Hall–Kier alpha value is -3.88. The lowest BCUT2D eigenvalue weighted by atomic mass is 10.1. The van der Waals surface area contributed by atoms with E-state index in [1.165, 1.54) is 23.4 Å². The predicted octanol–water partition coefficient (Wildman–Crippen LogP) is 1.33. The summed E-state index contributed by atoms with van der Waals surface area (Å²) < 4.78 is 43.7. The Bertz CT molecular complexity index is 1230. The van der Waals surface area contributed by atoms with Crippen molar-refractivity contribution in [3.8, 4) is 17.2 Å². The van der Waals surface area contributed by atoms with E-state index in [9.17, 15) is 13.2 Å². The third kappa shape index (κ3) is 8.06. The van der Waals surface area contributed by atoms with Gasteiger partial charge >= 0.3 is 11.9 Å². The van der Waals surface area contributed by atoms with Crippen LogP contribution in [0.2, 0.25) is 0 Å². The van der Waals surface area contributed by atoms with Crippen LogP contribution in [0.1, 0.15) is 12.5 Å². The minimum Gasteiger partial charge on any atom is -0.496 e. The molecule has 38 heavy (non-hydrogen) atoms. The van der Waals surface area contributed by atoms with Crippen LogP contribution in [0.25, 0.3) is 0 Å². The summed E-state index contributed by atoms with van der Waals surface area (Å²) in [7, 11) is 1.16. The molecule has 0 aromatic heterocycles. The quantitative estimate of drug-likeness (QED) is 0.403. The number of carbonyl (C=O) groups excluding carboxylic acids is 1. The second kappa shape index (κ2) is 13.6. The van der Waals surface area contributed by atoms with Crippen molar-refractivity contribution in [3.63, 3.8) is 0 Å². The molecule has 0 spiro atoms. The van der Waals surface area contributed by atoms with Crippen LogP contribution >= 0.6 is 0 Å². The molecule has 0 unspecified atom stereocenters. The van der Waals surface area contributed by atoms with Gasteiger partial charge in [0, 0.05) is 57.0 Å². The lowest BCUT2D eigenvalue weighted by Crippen LogP contribution is -2.48. The second-order valence-corrected chi connectivity index (χ2v) is 9.95. The number of benzene rings is 2. The van der Waals surface area contributed by atoms with Crippen molar-refractivity contribution in [1.82, 2.24) is 9.21 Å². The summed E-state index contributed by atoms with van der Waals surface area (Å²) in [5.41, 5.74) is 1.50. The smallest absolute Gasteiger partial charge is 0.414 e. The van der Waals surface area contributed by atoms with Gasteiger partial charge in [-0.05, 0) is 30.3 Å². The lowest BCUT2D eigenvalue weighted by molar-refractivity contribution is -0.159. The van der Waals surface area contributed by atoms with Gasteiger partial charge in [-0.1, -0.05) is 0 Å². The first-order chi connectivity index (χ1) is 17.9. The highest BCUT2D eigenvalue weighted by atomic mass is 32.2. The largest absolute Gasteiger partial charge is 0.496 e. The number of methoxy groups -OCH3 is 3. The molecule has 1 amide bonds. The van der Waals surface area contributed by atoms with Crippen LogP contribution in [0.15, 0.2) is 41.3 Å². The van der Waals surface area contributed by atoms with E-state index in [1.54, 1.807) is 39.5 Å². The van der Waals surface area contributed by atoms with Gasteiger partial charge in [0.1, 0.15) is 5.75 Å². The molecule has 0 aliphatic carbocycles. The van der Waals surface area contributed by atoms with Gasteiger partial charge in [-0.25, -0.2) is 18.0 Å². The van der Waals surface area contributed by atoms with Gasteiger partial charge in [0.2, 0.25) is 15.9 Å². The lowest BCUT2D eigenvalue weighted by Gasteiger charge is -2.34. The third-order valence-corrected chi connectivity index (χ3v) is 7.42. The Morgan fingerprint density at radius 1 is 0.842 bits per heavy atom. The molecule has 0 saturated carbocycles. The van der Waals surface area contributed by atoms with Crippen molar-refractivity contribution in [3.05, 3.63) is 42.0 Å². The van der Waals surface area contributed by atoms with E-state index in [1.807, 2.05) is 6.07 Å².